The molecule has 0 amide bonds. The molecule has 2 aromatic rings. The molecule has 0 saturated carbocycles. The molecule has 0 aliphatic rings. The Kier molecular flexibility index (Phi) is 4.97. The third-order valence-corrected chi connectivity index (χ3v) is 5.80. The molecule has 2 aromatic carbocycles. The Labute approximate surface area is 121 Å². The summed E-state index contributed by atoms with van der Waals surface area (Å²) in [4.78, 5) is 0. The summed E-state index contributed by atoms with van der Waals surface area (Å²) in [7, 11) is -1.38. The minimum absolute atomic E-state index is 0. The average Bonchev–Trinajstić information content (AvgIpc) is 2.33. The minimum Gasteiger partial charge on any atom is -0.412 e. The van der Waals surface area contributed by atoms with Crippen molar-refractivity contribution in [2.75, 3.05) is 11.5 Å². The Balaban J connectivity index is 0.00000200. The highest BCUT2D eigenvalue weighted by Gasteiger charge is 2.29. The van der Waals surface area contributed by atoms with Gasteiger partial charge < -0.3 is 16.9 Å². The van der Waals surface area contributed by atoms with Crippen LogP contribution in [0.5, 0.6) is 0 Å². The van der Waals surface area contributed by atoms with Crippen molar-refractivity contribution in [2.45, 2.75) is 25.2 Å². The molecule has 0 spiro atoms. The van der Waals surface area contributed by atoms with Gasteiger partial charge >= 0.3 is 0 Å². The minimum atomic E-state index is -1.38. The van der Waals surface area contributed by atoms with Crippen LogP contribution >= 0.6 is 0 Å². The van der Waals surface area contributed by atoms with Gasteiger partial charge in [-0.25, -0.2) is 0 Å². The number of nitrogens with two attached hydrogens (primary N) is 2. The van der Waals surface area contributed by atoms with Crippen molar-refractivity contribution in [3.8, 4) is 0 Å². The lowest BCUT2D eigenvalue weighted by Gasteiger charge is -2.30. The predicted molar refractivity (Wildman–Crippen MR) is 90.5 cm³/mol. The number of hydrogen-bond acceptors (Lipinski definition) is 2. The molecule has 0 bridgehead atoms. The smallest absolute Gasteiger partial charge is 0.0573 e. The van der Waals surface area contributed by atoms with Crippen LogP contribution in [0.3, 0.4) is 0 Å². The molecule has 0 heterocycles. The van der Waals surface area contributed by atoms with E-state index in [0.29, 0.717) is 5.54 Å². The fourth-order valence-corrected chi connectivity index (χ4v) is 4.95. The summed E-state index contributed by atoms with van der Waals surface area (Å²) in [5, 5.41) is 0. The molecule has 0 saturated heterocycles. The second-order valence-electron chi connectivity index (χ2n) is 6.13. The van der Waals surface area contributed by atoms with Gasteiger partial charge in [-0.05, 0) is 35.4 Å². The molecular formula is C16H24N2OSi. The maximum absolute atomic E-state index is 5.79. The Bertz CT molecular complexity index is 499. The van der Waals surface area contributed by atoms with E-state index in [1.807, 2.05) is 24.3 Å². The first kappa shape index (κ1) is 16.3. The van der Waals surface area contributed by atoms with E-state index in [0.717, 1.165) is 11.4 Å². The van der Waals surface area contributed by atoms with Crippen LogP contribution in [0.2, 0.25) is 19.6 Å². The Morgan fingerprint density at radius 2 is 1.00 bits per heavy atom. The number of nitrogen functional groups attached to an aromatic ring is 2. The molecule has 0 atom stereocenters. The van der Waals surface area contributed by atoms with E-state index in [2.05, 4.69) is 43.9 Å². The summed E-state index contributed by atoms with van der Waals surface area (Å²) >= 11 is 0. The van der Waals surface area contributed by atoms with Gasteiger partial charge in [-0.15, -0.1) is 0 Å². The quantitative estimate of drug-likeness (QED) is 0.672. The molecule has 0 unspecified atom stereocenters. The summed E-state index contributed by atoms with van der Waals surface area (Å²) in [5.41, 5.74) is 16.4. The zero-order valence-electron chi connectivity index (χ0n) is 12.4. The molecule has 0 aromatic heterocycles. The van der Waals surface area contributed by atoms with E-state index in [1.165, 1.54) is 11.1 Å². The van der Waals surface area contributed by atoms with Crippen LogP contribution in [-0.4, -0.2) is 13.6 Å². The van der Waals surface area contributed by atoms with Gasteiger partial charge in [0.15, 0.2) is 0 Å². The van der Waals surface area contributed by atoms with E-state index in [1.54, 1.807) is 0 Å². The second kappa shape index (κ2) is 6.11. The van der Waals surface area contributed by atoms with Gasteiger partial charge in [-0.1, -0.05) is 43.9 Å². The van der Waals surface area contributed by atoms with Crippen molar-refractivity contribution in [1.82, 2.24) is 0 Å². The van der Waals surface area contributed by atoms with E-state index >= 15 is 0 Å². The van der Waals surface area contributed by atoms with Crippen LogP contribution in [0.1, 0.15) is 16.7 Å². The van der Waals surface area contributed by atoms with Gasteiger partial charge in [0.2, 0.25) is 0 Å². The van der Waals surface area contributed by atoms with Crippen LogP contribution in [0.25, 0.3) is 0 Å². The largest absolute Gasteiger partial charge is 0.412 e. The number of rotatable bonds is 3. The molecule has 6 N–H and O–H groups in total. The lowest BCUT2D eigenvalue weighted by molar-refractivity contribution is 0.824. The lowest BCUT2D eigenvalue weighted by atomic mass is 10.0. The molecule has 108 valence electrons. The molecular weight excluding hydrogens is 264 g/mol. The van der Waals surface area contributed by atoms with Gasteiger partial charge in [0.25, 0.3) is 0 Å². The van der Waals surface area contributed by atoms with E-state index in [-0.39, 0.29) is 5.48 Å². The van der Waals surface area contributed by atoms with Crippen LogP contribution in [0.4, 0.5) is 11.4 Å². The highest BCUT2D eigenvalue weighted by Crippen LogP contribution is 2.34. The highest BCUT2D eigenvalue weighted by atomic mass is 28.3. The molecule has 2 rings (SSSR count). The maximum atomic E-state index is 5.79. The van der Waals surface area contributed by atoms with Gasteiger partial charge in [0.05, 0.1) is 8.07 Å². The molecule has 0 fully saturated rings. The zero-order valence-corrected chi connectivity index (χ0v) is 13.4. The second-order valence-corrected chi connectivity index (χ2v) is 11.4. The van der Waals surface area contributed by atoms with Crippen molar-refractivity contribution in [1.29, 1.82) is 0 Å². The van der Waals surface area contributed by atoms with Gasteiger partial charge in [0.1, 0.15) is 0 Å². The molecule has 0 aliphatic heterocycles. The van der Waals surface area contributed by atoms with Crippen LogP contribution < -0.4 is 11.5 Å². The monoisotopic (exact) mass is 288 g/mol. The van der Waals surface area contributed by atoms with Crippen molar-refractivity contribution in [3.63, 3.8) is 0 Å². The van der Waals surface area contributed by atoms with Crippen molar-refractivity contribution in [2.24, 2.45) is 0 Å². The van der Waals surface area contributed by atoms with Crippen LogP contribution in [0, 0.1) is 0 Å². The maximum Gasteiger partial charge on any atom is 0.0573 e. The normalized spacial score (nSPS) is 11.2. The Hall–Kier alpha value is -1.78. The standard InChI is InChI=1S/C16H22N2Si.H2O/c1-19(2,3)16(12-4-8-14(17)9-5-12)13-6-10-15(18)11-7-13;/h4-11,16H,17-18H2,1-3H3;1H2. The Morgan fingerprint density at radius 3 is 1.25 bits per heavy atom. The zero-order chi connectivity index (χ0) is 14.0. The number of benzene rings is 2. The predicted octanol–water partition coefficient (Wildman–Crippen LogP) is 3.04. The number of anilines is 2. The number of hydrogen-bond donors (Lipinski definition) is 2. The third-order valence-electron chi connectivity index (χ3n) is 3.41. The molecule has 0 radical (unpaired) electrons. The van der Waals surface area contributed by atoms with Crippen LogP contribution in [0.15, 0.2) is 48.5 Å². The van der Waals surface area contributed by atoms with E-state index in [4.69, 9.17) is 11.5 Å². The van der Waals surface area contributed by atoms with Gasteiger partial charge in [-0.3, -0.25) is 0 Å². The topological polar surface area (TPSA) is 83.5 Å². The molecule has 3 nitrogen and oxygen atoms in total. The first-order valence-electron chi connectivity index (χ1n) is 6.59. The summed E-state index contributed by atoms with van der Waals surface area (Å²) in [6.07, 6.45) is 0. The Morgan fingerprint density at radius 1 is 0.700 bits per heavy atom. The van der Waals surface area contributed by atoms with E-state index in [9.17, 15) is 0 Å². The summed E-state index contributed by atoms with van der Waals surface area (Å²) in [6.45, 7) is 7.18. The molecule has 20 heavy (non-hydrogen) atoms. The highest BCUT2D eigenvalue weighted by molar-refractivity contribution is 6.78. The molecule has 4 heteroatoms. The average molecular weight is 288 g/mol. The lowest BCUT2D eigenvalue weighted by Crippen LogP contribution is -2.31. The SMILES string of the molecule is C[Si](C)(C)C(c1ccc(N)cc1)c1ccc(N)cc1.O. The van der Waals surface area contributed by atoms with Gasteiger partial charge in [-0.2, -0.15) is 0 Å². The fourth-order valence-electron chi connectivity index (χ4n) is 2.57. The fraction of sp³-hybridized carbons (Fsp3) is 0.250. The summed E-state index contributed by atoms with van der Waals surface area (Å²) in [6, 6.07) is 16.5. The van der Waals surface area contributed by atoms with Crippen LogP contribution in [-0.2, 0) is 0 Å². The van der Waals surface area contributed by atoms with Crippen molar-refractivity contribution >= 4 is 19.4 Å². The first-order chi connectivity index (χ1) is 8.88. The van der Waals surface area contributed by atoms with Crippen molar-refractivity contribution < 1.29 is 5.48 Å². The third kappa shape index (κ3) is 3.62. The summed E-state index contributed by atoms with van der Waals surface area (Å²) in [5.74, 6) is 0. The van der Waals surface area contributed by atoms with E-state index < -0.39 is 8.07 Å². The summed E-state index contributed by atoms with van der Waals surface area (Å²) < 4.78 is 0. The van der Waals surface area contributed by atoms with Crippen molar-refractivity contribution in [3.05, 3.63) is 59.7 Å². The van der Waals surface area contributed by atoms with Gasteiger partial charge in [0, 0.05) is 16.9 Å². The first-order valence-corrected chi connectivity index (χ1v) is 10.2. The molecule has 0 aliphatic carbocycles.